The highest BCUT2D eigenvalue weighted by molar-refractivity contribution is 5.81. The van der Waals surface area contributed by atoms with Crippen molar-refractivity contribution in [1.29, 1.82) is 0 Å². The normalized spacial score (nSPS) is 13.7. The number of nitrogens with one attached hydrogen (secondary N) is 1. The van der Waals surface area contributed by atoms with E-state index in [9.17, 15) is 14.9 Å². The summed E-state index contributed by atoms with van der Waals surface area (Å²) in [5.74, 6) is -0.0542. The maximum atomic E-state index is 12.0. The molecule has 0 aliphatic rings. The number of non-ortho nitro benzene ring substituents is 1. The van der Waals surface area contributed by atoms with E-state index in [-0.39, 0.29) is 23.7 Å². The predicted octanol–water partition coefficient (Wildman–Crippen LogP) is 1.72. The molecule has 104 valence electrons. The van der Waals surface area contributed by atoms with Crippen LogP contribution in [0, 0.1) is 10.1 Å². The van der Waals surface area contributed by atoms with Crippen LogP contribution in [0.5, 0.6) is 0 Å². The van der Waals surface area contributed by atoms with Gasteiger partial charge in [0.2, 0.25) is 5.91 Å². The minimum absolute atomic E-state index is 0.0341. The molecule has 0 aliphatic carbocycles. The molecule has 0 radical (unpaired) electrons. The largest absolute Gasteiger partial charge is 0.338 e. The first-order valence-corrected chi connectivity index (χ1v) is 6.06. The van der Waals surface area contributed by atoms with E-state index in [4.69, 9.17) is 0 Å². The summed E-state index contributed by atoms with van der Waals surface area (Å²) in [6.45, 7) is 3.62. The molecule has 0 fully saturated rings. The third-order valence-corrected chi connectivity index (χ3v) is 3.30. The van der Waals surface area contributed by atoms with E-state index in [1.807, 2.05) is 6.92 Å². The molecule has 0 bridgehead atoms. The smallest absolute Gasteiger partial charge is 0.269 e. The lowest BCUT2D eigenvalue weighted by Gasteiger charge is -2.27. The summed E-state index contributed by atoms with van der Waals surface area (Å²) < 4.78 is 0. The summed E-state index contributed by atoms with van der Waals surface area (Å²) in [5, 5.41) is 13.6. The zero-order chi connectivity index (χ0) is 14.6. The lowest BCUT2D eigenvalue weighted by Crippen LogP contribution is -2.42. The molecule has 0 aromatic heterocycles. The van der Waals surface area contributed by atoms with Gasteiger partial charge in [-0.25, -0.2) is 0 Å². The van der Waals surface area contributed by atoms with Gasteiger partial charge in [0, 0.05) is 19.2 Å². The van der Waals surface area contributed by atoms with Crippen molar-refractivity contribution in [3.8, 4) is 0 Å². The fourth-order valence-electron chi connectivity index (χ4n) is 1.74. The average molecular weight is 265 g/mol. The number of hydrogen-bond acceptors (Lipinski definition) is 4. The molecule has 0 spiro atoms. The number of hydrogen-bond donors (Lipinski definition) is 1. The maximum Gasteiger partial charge on any atom is 0.269 e. The lowest BCUT2D eigenvalue weighted by molar-refractivity contribution is -0.384. The van der Waals surface area contributed by atoms with Crippen LogP contribution in [0.25, 0.3) is 0 Å². The quantitative estimate of drug-likeness (QED) is 0.649. The monoisotopic (exact) mass is 265 g/mol. The van der Waals surface area contributed by atoms with Crippen molar-refractivity contribution in [2.75, 3.05) is 14.1 Å². The van der Waals surface area contributed by atoms with Crippen LogP contribution in [-0.4, -0.2) is 35.9 Å². The Bertz CT molecular complexity index is 476. The van der Waals surface area contributed by atoms with Gasteiger partial charge in [0.1, 0.15) is 0 Å². The third kappa shape index (κ3) is 3.51. The zero-order valence-electron chi connectivity index (χ0n) is 11.6. The Labute approximate surface area is 112 Å². The fraction of sp³-hybridized carbons (Fsp3) is 0.462. The molecule has 0 saturated heterocycles. The molecule has 6 heteroatoms. The molecule has 6 nitrogen and oxygen atoms in total. The SMILES string of the molecule is CNC(C)C(=O)N(C)C(C)c1cccc([N+](=O)[O-])c1. The molecule has 0 saturated carbocycles. The number of nitro groups is 1. The number of nitro benzene ring substituents is 1. The van der Waals surface area contributed by atoms with Gasteiger partial charge < -0.3 is 10.2 Å². The molecular formula is C13H19N3O3. The van der Waals surface area contributed by atoms with Crippen LogP contribution >= 0.6 is 0 Å². The van der Waals surface area contributed by atoms with E-state index in [2.05, 4.69) is 5.32 Å². The van der Waals surface area contributed by atoms with Gasteiger partial charge in [-0.05, 0) is 26.5 Å². The predicted molar refractivity (Wildman–Crippen MR) is 72.8 cm³/mol. The van der Waals surface area contributed by atoms with Crippen molar-refractivity contribution in [2.24, 2.45) is 0 Å². The first-order chi connectivity index (χ1) is 8.88. The van der Waals surface area contributed by atoms with Gasteiger partial charge in [0.15, 0.2) is 0 Å². The van der Waals surface area contributed by atoms with Gasteiger partial charge >= 0.3 is 0 Å². The van der Waals surface area contributed by atoms with Gasteiger partial charge in [0.25, 0.3) is 5.69 Å². The fourth-order valence-corrected chi connectivity index (χ4v) is 1.74. The number of amides is 1. The minimum atomic E-state index is -0.436. The Hall–Kier alpha value is -1.95. The Morgan fingerprint density at radius 1 is 1.42 bits per heavy atom. The van der Waals surface area contributed by atoms with Crippen LogP contribution in [0.15, 0.2) is 24.3 Å². The highest BCUT2D eigenvalue weighted by Crippen LogP contribution is 2.23. The van der Waals surface area contributed by atoms with E-state index in [0.29, 0.717) is 0 Å². The number of likely N-dealkylation sites (N-methyl/N-ethyl adjacent to an activating group) is 2. The van der Waals surface area contributed by atoms with Gasteiger partial charge in [-0.15, -0.1) is 0 Å². The van der Waals surface area contributed by atoms with E-state index in [1.54, 1.807) is 38.1 Å². The van der Waals surface area contributed by atoms with E-state index in [1.165, 1.54) is 12.1 Å². The van der Waals surface area contributed by atoms with Crippen LogP contribution in [0.3, 0.4) is 0 Å². The van der Waals surface area contributed by atoms with Gasteiger partial charge in [-0.3, -0.25) is 14.9 Å². The zero-order valence-corrected chi connectivity index (χ0v) is 11.6. The summed E-state index contributed by atoms with van der Waals surface area (Å²) in [6.07, 6.45) is 0. The molecule has 2 atom stereocenters. The highest BCUT2D eigenvalue weighted by atomic mass is 16.6. The molecule has 19 heavy (non-hydrogen) atoms. The van der Waals surface area contributed by atoms with Crippen molar-refractivity contribution in [2.45, 2.75) is 25.9 Å². The van der Waals surface area contributed by atoms with Gasteiger partial charge in [-0.1, -0.05) is 12.1 Å². The molecular weight excluding hydrogens is 246 g/mol. The topological polar surface area (TPSA) is 75.5 Å². The average Bonchev–Trinajstić information content (AvgIpc) is 2.44. The molecule has 1 amide bonds. The number of carbonyl (C=O) groups excluding carboxylic acids is 1. The molecule has 0 heterocycles. The Morgan fingerprint density at radius 3 is 2.58 bits per heavy atom. The van der Waals surface area contributed by atoms with Gasteiger partial charge in [0.05, 0.1) is 17.0 Å². The Balaban J connectivity index is 2.93. The van der Waals surface area contributed by atoms with Crippen LogP contribution in [-0.2, 0) is 4.79 Å². The van der Waals surface area contributed by atoms with Crippen LogP contribution in [0.4, 0.5) is 5.69 Å². The number of benzene rings is 1. The molecule has 0 aliphatic heterocycles. The molecule has 1 rings (SSSR count). The highest BCUT2D eigenvalue weighted by Gasteiger charge is 2.22. The standard InChI is InChI=1S/C13H19N3O3/c1-9(14-3)13(17)15(4)10(2)11-6-5-7-12(8-11)16(18)19/h5-10,14H,1-4H3. The third-order valence-electron chi connectivity index (χ3n) is 3.30. The van der Waals surface area contributed by atoms with Crippen LogP contribution in [0.1, 0.15) is 25.5 Å². The van der Waals surface area contributed by atoms with E-state index in [0.717, 1.165) is 5.56 Å². The van der Waals surface area contributed by atoms with Crippen molar-refractivity contribution in [3.05, 3.63) is 39.9 Å². The van der Waals surface area contributed by atoms with Gasteiger partial charge in [-0.2, -0.15) is 0 Å². The van der Waals surface area contributed by atoms with Crippen molar-refractivity contribution >= 4 is 11.6 Å². The Morgan fingerprint density at radius 2 is 2.05 bits per heavy atom. The first kappa shape index (κ1) is 15.1. The molecule has 1 aromatic carbocycles. The summed E-state index contributed by atoms with van der Waals surface area (Å²) in [7, 11) is 3.41. The second-order valence-electron chi connectivity index (χ2n) is 4.49. The van der Waals surface area contributed by atoms with Crippen LogP contribution in [0.2, 0.25) is 0 Å². The maximum absolute atomic E-state index is 12.0. The summed E-state index contributed by atoms with van der Waals surface area (Å²) in [5.41, 5.74) is 0.778. The minimum Gasteiger partial charge on any atom is -0.338 e. The molecule has 1 aromatic rings. The number of rotatable bonds is 5. The number of carbonyl (C=O) groups is 1. The van der Waals surface area contributed by atoms with E-state index >= 15 is 0 Å². The van der Waals surface area contributed by atoms with Crippen molar-refractivity contribution in [3.63, 3.8) is 0 Å². The number of nitrogens with zero attached hydrogens (tertiary/aromatic N) is 2. The second-order valence-corrected chi connectivity index (χ2v) is 4.49. The summed E-state index contributed by atoms with van der Waals surface area (Å²) in [6, 6.07) is 5.84. The summed E-state index contributed by atoms with van der Waals surface area (Å²) in [4.78, 5) is 23.9. The van der Waals surface area contributed by atoms with Crippen LogP contribution < -0.4 is 5.32 Å². The van der Waals surface area contributed by atoms with Crippen molar-refractivity contribution < 1.29 is 9.72 Å². The molecule has 1 N–H and O–H groups in total. The first-order valence-electron chi connectivity index (χ1n) is 6.06. The van der Waals surface area contributed by atoms with Crippen molar-refractivity contribution in [1.82, 2.24) is 10.2 Å². The molecule has 2 unspecified atom stereocenters. The summed E-state index contributed by atoms with van der Waals surface area (Å²) >= 11 is 0. The lowest BCUT2D eigenvalue weighted by atomic mass is 10.1. The second kappa shape index (κ2) is 6.29. The van der Waals surface area contributed by atoms with E-state index < -0.39 is 4.92 Å². The Kier molecular flexibility index (Phi) is 5.00.